The summed E-state index contributed by atoms with van der Waals surface area (Å²) in [6.45, 7) is 25.5. The Labute approximate surface area is 174 Å². The van der Waals surface area contributed by atoms with E-state index in [4.69, 9.17) is 4.52 Å². The maximum atomic E-state index is 5.31. The van der Waals surface area contributed by atoms with Crippen LogP contribution in [0.3, 0.4) is 0 Å². The molecule has 5 heteroatoms. The molecule has 0 aliphatic carbocycles. The Bertz CT molecular complexity index is 579. The summed E-state index contributed by atoms with van der Waals surface area (Å²) >= 11 is 0. The Morgan fingerprint density at radius 3 is 1.43 bits per heavy atom. The van der Waals surface area contributed by atoms with E-state index < -0.39 is 0 Å². The molecule has 2 heterocycles. The van der Waals surface area contributed by atoms with Gasteiger partial charge in [0.2, 0.25) is 0 Å². The van der Waals surface area contributed by atoms with E-state index in [9.17, 15) is 0 Å². The van der Waals surface area contributed by atoms with Crippen molar-refractivity contribution in [2.45, 2.75) is 120 Å². The van der Waals surface area contributed by atoms with Crippen molar-refractivity contribution in [3.63, 3.8) is 0 Å². The van der Waals surface area contributed by atoms with Crippen LogP contribution in [0.5, 0.6) is 0 Å². The number of nitrogens with one attached hydrogen (secondary N) is 1. The zero-order chi connectivity index (χ0) is 20.6. The first-order chi connectivity index (χ1) is 11.4. The minimum absolute atomic E-state index is 0. The van der Waals surface area contributed by atoms with Crippen LogP contribution in [-0.4, -0.2) is 20.3 Å². The molecule has 0 amide bonds. The monoisotopic (exact) mass is 394 g/mol. The summed E-state index contributed by atoms with van der Waals surface area (Å²) in [6.07, 6.45) is 0. The van der Waals surface area contributed by atoms with E-state index in [1.807, 2.05) is 0 Å². The van der Waals surface area contributed by atoms with Crippen LogP contribution in [0.2, 0.25) is 0 Å². The van der Waals surface area contributed by atoms with Crippen molar-refractivity contribution in [1.29, 1.82) is 0 Å². The zero-order valence-corrected chi connectivity index (χ0v) is 18.8. The van der Waals surface area contributed by atoms with Gasteiger partial charge in [0.05, 0.1) is 5.69 Å². The fraction of sp³-hybridized carbons (Fsp3) is 0.783. The third-order valence-electron chi connectivity index (χ3n) is 3.88. The highest BCUT2D eigenvalue weighted by Gasteiger charge is 2.25. The Morgan fingerprint density at radius 2 is 1.21 bits per heavy atom. The molecule has 1 N–H and O–H groups in total. The summed E-state index contributed by atoms with van der Waals surface area (Å²) in [5, 5.41) is 11.3. The minimum Gasteiger partial charge on any atom is -0.361 e. The third-order valence-corrected chi connectivity index (χ3v) is 3.88. The zero-order valence-electron chi connectivity index (χ0n) is 18.8. The van der Waals surface area contributed by atoms with E-state index in [-0.39, 0.29) is 36.5 Å². The van der Waals surface area contributed by atoms with Crippen LogP contribution in [0.15, 0.2) is 10.6 Å². The molecule has 0 aromatic carbocycles. The Balaban J connectivity index is 0. The predicted molar refractivity (Wildman–Crippen MR) is 121 cm³/mol. The van der Waals surface area contributed by atoms with Crippen LogP contribution < -0.4 is 0 Å². The summed E-state index contributed by atoms with van der Waals surface area (Å²) in [5.74, 6) is 2.80. The number of aromatic amines is 1. The molecule has 0 bridgehead atoms. The van der Waals surface area contributed by atoms with E-state index in [0.717, 1.165) is 23.1 Å². The number of hydrogen-bond acceptors (Lipinski definition) is 4. The van der Waals surface area contributed by atoms with Crippen molar-refractivity contribution in [3.05, 3.63) is 29.2 Å². The first kappa shape index (κ1) is 28.6. The molecular formula is C23H46N4O. The second-order valence-corrected chi connectivity index (χ2v) is 11.1. The molecule has 5 nitrogen and oxygen atoms in total. The summed E-state index contributed by atoms with van der Waals surface area (Å²) in [6, 6.07) is 2.06. The molecule has 28 heavy (non-hydrogen) atoms. The number of hydrogen-bond donors (Lipinski definition) is 1. The van der Waals surface area contributed by atoms with E-state index in [2.05, 4.69) is 109 Å². The van der Waals surface area contributed by atoms with Gasteiger partial charge in [0.15, 0.2) is 5.82 Å². The number of H-pyrrole nitrogens is 1. The number of aromatic nitrogens is 4. The quantitative estimate of drug-likeness (QED) is 0.525. The van der Waals surface area contributed by atoms with Crippen molar-refractivity contribution in [3.8, 4) is 0 Å². The standard InChI is InChI=1S/C11H19NO.C10H19N3.2CH4/c1-10(2,3)8-7-9(13-12-8)11(4,5)6;1-9(2,3)7-11-8(13-12-7)10(4,5)6;;/h7H,1-6H3;1-6H3,(H,11,12,13);2*1H4. The van der Waals surface area contributed by atoms with Gasteiger partial charge >= 0.3 is 0 Å². The van der Waals surface area contributed by atoms with Crippen LogP contribution >= 0.6 is 0 Å². The van der Waals surface area contributed by atoms with Gasteiger partial charge in [-0.05, 0) is 0 Å². The number of nitrogens with zero attached hydrogens (tertiary/aromatic N) is 3. The van der Waals surface area contributed by atoms with Gasteiger partial charge in [-0.15, -0.1) is 0 Å². The maximum absolute atomic E-state index is 5.31. The van der Waals surface area contributed by atoms with E-state index in [1.165, 1.54) is 0 Å². The van der Waals surface area contributed by atoms with Gasteiger partial charge in [-0.25, -0.2) is 4.98 Å². The minimum atomic E-state index is 0. The van der Waals surface area contributed by atoms with E-state index >= 15 is 0 Å². The molecule has 0 spiro atoms. The fourth-order valence-electron chi connectivity index (χ4n) is 1.91. The molecule has 0 atom stereocenters. The highest BCUT2D eigenvalue weighted by molar-refractivity contribution is 5.18. The fourth-order valence-corrected chi connectivity index (χ4v) is 1.91. The molecule has 0 aliphatic rings. The Kier molecular flexibility index (Phi) is 9.42. The third kappa shape index (κ3) is 8.15. The van der Waals surface area contributed by atoms with Gasteiger partial charge in [-0.1, -0.05) is 103 Å². The molecule has 164 valence electrons. The van der Waals surface area contributed by atoms with Gasteiger partial charge in [0, 0.05) is 27.7 Å². The molecule has 0 saturated carbocycles. The summed E-state index contributed by atoms with van der Waals surface area (Å²) < 4.78 is 5.31. The highest BCUT2D eigenvalue weighted by Crippen LogP contribution is 2.28. The van der Waals surface area contributed by atoms with Crippen molar-refractivity contribution in [2.24, 2.45) is 0 Å². The van der Waals surface area contributed by atoms with Gasteiger partial charge < -0.3 is 4.52 Å². The normalized spacial score (nSPS) is 12.4. The Morgan fingerprint density at radius 1 is 0.714 bits per heavy atom. The molecular weight excluding hydrogens is 348 g/mol. The molecule has 0 aliphatic heterocycles. The van der Waals surface area contributed by atoms with Gasteiger partial charge in [-0.3, -0.25) is 5.10 Å². The second kappa shape index (κ2) is 9.23. The first-order valence-corrected chi connectivity index (χ1v) is 9.33. The van der Waals surface area contributed by atoms with Crippen molar-refractivity contribution in [2.75, 3.05) is 0 Å². The van der Waals surface area contributed by atoms with Crippen LogP contribution in [0, 0.1) is 0 Å². The van der Waals surface area contributed by atoms with Crippen molar-refractivity contribution >= 4 is 0 Å². The van der Waals surface area contributed by atoms with Gasteiger partial charge in [-0.2, -0.15) is 5.10 Å². The first-order valence-electron chi connectivity index (χ1n) is 9.33. The maximum Gasteiger partial charge on any atom is 0.156 e. The smallest absolute Gasteiger partial charge is 0.156 e. The lowest BCUT2D eigenvalue weighted by Crippen LogP contribution is -2.16. The van der Waals surface area contributed by atoms with Crippen LogP contribution in [0.1, 0.15) is 121 Å². The summed E-state index contributed by atoms with van der Waals surface area (Å²) in [4.78, 5) is 4.49. The molecule has 0 unspecified atom stereocenters. The van der Waals surface area contributed by atoms with E-state index in [1.54, 1.807) is 0 Å². The second-order valence-electron chi connectivity index (χ2n) is 11.1. The summed E-state index contributed by atoms with van der Waals surface area (Å²) in [5.41, 5.74) is 1.23. The molecule has 2 aromatic rings. The van der Waals surface area contributed by atoms with E-state index in [0.29, 0.717) is 0 Å². The molecule has 0 radical (unpaired) electrons. The molecule has 0 fully saturated rings. The lowest BCUT2D eigenvalue weighted by atomic mass is 9.88. The summed E-state index contributed by atoms with van der Waals surface area (Å²) in [7, 11) is 0. The molecule has 2 rings (SSSR count). The molecule has 0 saturated heterocycles. The van der Waals surface area contributed by atoms with Crippen LogP contribution in [0.25, 0.3) is 0 Å². The number of rotatable bonds is 0. The lowest BCUT2D eigenvalue weighted by molar-refractivity contribution is 0.319. The predicted octanol–water partition coefficient (Wildman–Crippen LogP) is 6.94. The average Bonchev–Trinajstić information content (AvgIpc) is 3.06. The van der Waals surface area contributed by atoms with Gasteiger partial charge in [0.1, 0.15) is 11.6 Å². The molecule has 2 aromatic heterocycles. The SMILES string of the molecule is C.C.CC(C)(C)c1cc(C(C)(C)C)on1.CC(C)(C)c1n[nH]c(C(C)(C)C)n1. The topological polar surface area (TPSA) is 67.6 Å². The van der Waals surface area contributed by atoms with Crippen LogP contribution in [-0.2, 0) is 21.7 Å². The lowest BCUT2D eigenvalue weighted by Gasteiger charge is -2.15. The largest absolute Gasteiger partial charge is 0.361 e. The van der Waals surface area contributed by atoms with Gasteiger partial charge in [0.25, 0.3) is 0 Å². The van der Waals surface area contributed by atoms with Crippen molar-refractivity contribution < 1.29 is 4.52 Å². The van der Waals surface area contributed by atoms with Crippen molar-refractivity contribution in [1.82, 2.24) is 20.3 Å². The Hall–Kier alpha value is -1.65. The van der Waals surface area contributed by atoms with Crippen LogP contribution in [0.4, 0.5) is 0 Å². The highest BCUT2D eigenvalue weighted by atomic mass is 16.5. The average molecular weight is 395 g/mol.